The lowest BCUT2D eigenvalue weighted by atomic mass is 10.3. The van der Waals surface area contributed by atoms with Crippen LogP contribution in [-0.2, 0) is 0 Å². The highest BCUT2D eigenvalue weighted by Crippen LogP contribution is 2.05. The normalized spacial score (nSPS) is 26.0. The van der Waals surface area contributed by atoms with Gasteiger partial charge < -0.3 is 5.32 Å². The van der Waals surface area contributed by atoms with Crippen molar-refractivity contribution in [2.75, 3.05) is 19.6 Å². The Morgan fingerprint density at radius 1 is 1.78 bits per heavy atom. The number of fused-ring (bicyclic) bond motifs is 1. The van der Waals surface area contributed by atoms with E-state index in [1.807, 2.05) is 6.20 Å². The number of nitrogens with one attached hydrogen (secondary N) is 1. The van der Waals surface area contributed by atoms with Gasteiger partial charge in [-0.15, -0.1) is 0 Å². The van der Waals surface area contributed by atoms with E-state index >= 15 is 0 Å². The van der Waals surface area contributed by atoms with Gasteiger partial charge in [-0.25, -0.2) is 0 Å². The van der Waals surface area contributed by atoms with Crippen molar-refractivity contribution < 1.29 is 0 Å². The highest BCUT2D eigenvalue weighted by Gasteiger charge is 2.28. The molecule has 1 saturated heterocycles. The van der Waals surface area contributed by atoms with E-state index < -0.39 is 0 Å². The Morgan fingerprint density at radius 3 is 3.67 bits per heavy atom. The van der Waals surface area contributed by atoms with Crippen molar-refractivity contribution in [2.45, 2.75) is 0 Å². The predicted molar refractivity (Wildman–Crippen MR) is 35.4 cm³/mol. The number of piperazine rings is 1. The van der Waals surface area contributed by atoms with Crippen LogP contribution < -0.4 is 10.2 Å². The molecule has 0 saturated carbocycles. The molecule has 0 unspecified atom stereocenters. The van der Waals surface area contributed by atoms with Crippen LogP contribution in [-0.4, -0.2) is 26.0 Å². The first kappa shape index (κ1) is 5.14. The summed E-state index contributed by atoms with van der Waals surface area (Å²) in [6.45, 7) is 2.99. The largest absolute Gasteiger partial charge is 0.371 e. The van der Waals surface area contributed by atoms with E-state index in [2.05, 4.69) is 21.5 Å². The van der Waals surface area contributed by atoms with Crippen molar-refractivity contribution in [3.8, 4) is 0 Å². The van der Waals surface area contributed by atoms with Crippen molar-refractivity contribution in [2.24, 2.45) is 4.99 Å². The summed E-state index contributed by atoms with van der Waals surface area (Å²) in [5.74, 6) is 0. The van der Waals surface area contributed by atoms with Crippen LogP contribution >= 0.6 is 0 Å². The quantitative estimate of drug-likeness (QED) is 0.431. The zero-order chi connectivity index (χ0) is 6.10. The standard InChI is InChI=1S/C6H8N3/c1-2-9-5-8-4-6(9)3-7-1/h4,7H,1-3H2/q+1. The lowest BCUT2D eigenvalue weighted by Crippen LogP contribution is -2.43. The summed E-state index contributed by atoms with van der Waals surface area (Å²) < 4.78 is 0. The Balaban J connectivity index is 2.16. The predicted octanol–water partition coefficient (Wildman–Crippen LogP) is -0.510. The second-order valence-electron chi connectivity index (χ2n) is 2.18. The molecular weight excluding hydrogens is 114 g/mol. The van der Waals surface area contributed by atoms with Gasteiger partial charge in [0.05, 0.1) is 19.3 Å². The SMILES string of the molecule is [C]1=NC=C2CNCC[N+]12. The second kappa shape index (κ2) is 1.93. The van der Waals surface area contributed by atoms with E-state index in [1.165, 1.54) is 5.70 Å². The fourth-order valence-electron chi connectivity index (χ4n) is 1.05. The molecular formula is C6H8N3+. The summed E-state index contributed by atoms with van der Waals surface area (Å²) in [7, 11) is 0. The van der Waals surface area contributed by atoms with Crippen LogP contribution in [0, 0.1) is 0 Å². The molecule has 0 amide bonds. The zero-order valence-corrected chi connectivity index (χ0v) is 5.09. The van der Waals surface area contributed by atoms with Crippen molar-refractivity contribution in [1.82, 2.24) is 10.2 Å². The molecule has 2 aliphatic heterocycles. The zero-order valence-electron chi connectivity index (χ0n) is 5.09. The fourth-order valence-corrected chi connectivity index (χ4v) is 1.05. The Morgan fingerprint density at radius 2 is 2.78 bits per heavy atom. The van der Waals surface area contributed by atoms with Crippen LogP contribution in [0.3, 0.4) is 0 Å². The van der Waals surface area contributed by atoms with Crippen molar-refractivity contribution in [3.63, 3.8) is 0 Å². The summed E-state index contributed by atoms with van der Waals surface area (Å²) in [6.07, 6.45) is 4.74. The maximum atomic E-state index is 3.90. The molecule has 2 radical (unpaired) electrons. The molecule has 3 nitrogen and oxygen atoms in total. The summed E-state index contributed by atoms with van der Waals surface area (Å²) in [5.41, 5.74) is 1.24. The van der Waals surface area contributed by atoms with Gasteiger partial charge >= 0.3 is 6.34 Å². The van der Waals surface area contributed by atoms with E-state index in [1.54, 1.807) is 0 Å². The van der Waals surface area contributed by atoms with Crippen LogP contribution in [0.2, 0.25) is 0 Å². The molecule has 0 aliphatic carbocycles. The van der Waals surface area contributed by atoms with Crippen molar-refractivity contribution in [1.29, 1.82) is 0 Å². The minimum Gasteiger partial charge on any atom is -0.302 e. The third kappa shape index (κ3) is 0.781. The molecule has 3 heteroatoms. The van der Waals surface area contributed by atoms with Crippen LogP contribution in [0.5, 0.6) is 0 Å². The highest BCUT2D eigenvalue weighted by atomic mass is 15.2. The van der Waals surface area contributed by atoms with Gasteiger partial charge in [-0.2, -0.15) is 4.99 Å². The van der Waals surface area contributed by atoms with Gasteiger partial charge in [0.25, 0.3) is 0 Å². The first-order valence-corrected chi connectivity index (χ1v) is 3.09. The Hall–Kier alpha value is -0.670. The van der Waals surface area contributed by atoms with E-state index in [0.29, 0.717) is 0 Å². The first-order chi connectivity index (χ1) is 4.47. The van der Waals surface area contributed by atoms with E-state index in [0.717, 1.165) is 19.6 Å². The van der Waals surface area contributed by atoms with Gasteiger partial charge in [-0.05, 0) is 0 Å². The molecule has 0 aromatic heterocycles. The summed E-state index contributed by atoms with van der Waals surface area (Å²) in [4.78, 5) is 5.95. The van der Waals surface area contributed by atoms with Crippen molar-refractivity contribution in [3.05, 3.63) is 11.9 Å². The lowest BCUT2D eigenvalue weighted by molar-refractivity contribution is 0.540. The highest BCUT2D eigenvalue weighted by molar-refractivity contribution is 5.66. The minimum absolute atomic E-state index is 0.941. The molecule has 1 N–H and O–H groups in total. The molecule has 0 aromatic carbocycles. The number of nitrogens with zero attached hydrogens (tertiary/aromatic N) is 2. The summed E-state index contributed by atoms with van der Waals surface area (Å²) in [6, 6.07) is 0. The molecule has 0 bridgehead atoms. The number of rotatable bonds is 0. The molecule has 9 heavy (non-hydrogen) atoms. The molecule has 0 aromatic rings. The van der Waals surface area contributed by atoms with Crippen LogP contribution in [0.15, 0.2) is 16.9 Å². The molecule has 2 rings (SSSR count). The van der Waals surface area contributed by atoms with E-state index in [-0.39, 0.29) is 0 Å². The minimum atomic E-state index is 0.941. The summed E-state index contributed by atoms with van der Waals surface area (Å²) >= 11 is 0. The smallest absolute Gasteiger partial charge is 0.302 e. The van der Waals surface area contributed by atoms with E-state index in [9.17, 15) is 0 Å². The maximum Gasteiger partial charge on any atom is 0.371 e. The summed E-state index contributed by atoms with van der Waals surface area (Å²) in [5, 5.41) is 3.25. The molecule has 2 aliphatic rings. The first-order valence-electron chi connectivity index (χ1n) is 3.09. The van der Waals surface area contributed by atoms with Gasteiger partial charge in [0, 0.05) is 0 Å². The third-order valence-corrected chi connectivity index (χ3v) is 1.56. The van der Waals surface area contributed by atoms with Crippen molar-refractivity contribution >= 4 is 6.34 Å². The van der Waals surface area contributed by atoms with Gasteiger partial charge in [-0.1, -0.05) is 4.90 Å². The third-order valence-electron chi connectivity index (χ3n) is 1.56. The lowest BCUT2D eigenvalue weighted by Gasteiger charge is -2.11. The average Bonchev–Trinajstić information content (AvgIpc) is 2.33. The van der Waals surface area contributed by atoms with Crippen LogP contribution in [0.4, 0.5) is 0 Å². The molecule has 0 spiro atoms. The average molecular weight is 122 g/mol. The van der Waals surface area contributed by atoms with Gasteiger partial charge in [-0.3, -0.25) is 0 Å². The van der Waals surface area contributed by atoms with Gasteiger partial charge in [0.1, 0.15) is 6.54 Å². The Kier molecular flexibility index (Phi) is 1.10. The van der Waals surface area contributed by atoms with Gasteiger partial charge in [0.2, 0.25) is 0 Å². The van der Waals surface area contributed by atoms with Gasteiger partial charge in [0.15, 0.2) is 5.70 Å². The Bertz CT molecular complexity index is 171. The topological polar surface area (TPSA) is 30.3 Å². The number of hydrogen-bond donors (Lipinski definition) is 1. The molecule has 0 atom stereocenters. The van der Waals surface area contributed by atoms with E-state index in [4.69, 9.17) is 0 Å². The second-order valence-corrected chi connectivity index (χ2v) is 2.18. The monoisotopic (exact) mass is 122 g/mol. The fraction of sp³-hybridized carbons (Fsp3) is 0.500. The molecule has 2 heterocycles. The Labute approximate surface area is 54.1 Å². The van der Waals surface area contributed by atoms with Crippen LogP contribution in [0.1, 0.15) is 0 Å². The molecule has 46 valence electrons. The number of aliphatic imine (C=N–C) groups is 1. The van der Waals surface area contributed by atoms with Crippen LogP contribution in [0.25, 0.3) is 0 Å². The number of hydrogen-bond acceptors (Lipinski definition) is 3. The maximum absolute atomic E-state index is 3.90. The molecule has 1 fully saturated rings.